The van der Waals surface area contributed by atoms with Crippen LogP contribution in [0.1, 0.15) is 82.2 Å². The number of carbonyl (C=O) groups is 3. The minimum atomic E-state index is -0.598. The molecule has 2 unspecified atom stereocenters. The Kier molecular flexibility index (Phi) is 7.47. The number of nitrogens with one attached hydrogen (secondary N) is 1. The van der Waals surface area contributed by atoms with Gasteiger partial charge < -0.3 is 24.4 Å². The minimum absolute atomic E-state index is 0.0344. The summed E-state index contributed by atoms with van der Waals surface area (Å²) in [6.45, 7) is 5.95. The van der Waals surface area contributed by atoms with Crippen molar-refractivity contribution in [1.82, 2.24) is 29.3 Å². The van der Waals surface area contributed by atoms with Crippen molar-refractivity contribution in [1.29, 1.82) is 0 Å². The maximum absolute atomic E-state index is 13.2. The molecule has 3 aromatic heterocycles. The van der Waals surface area contributed by atoms with Crippen LogP contribution in [0, 0.1) is 0 Å². The van der Waals surface area contributed by atoms with E-state index in [9.17, 15) is 14.4 Å². The Labute approximate surface area is 251 Å². The van der Waals surface area contributed by atoms with Gasteiger partial charge in [0.15, 0.2) is 0 Å². The van der Waals surface area contributed by atoms with E-state index in [4.69, 9.17) is 9.72 Å². The maximum atomic E-state index is 13.2. The van der Waals surface area contributed by atoms with Crippen molar-refractivity contribution in [2.45, 2.75) is 89.4 Å². The number of amides is 3. The number of aromatic nitrogens is 4. The predicted molar refractivity (Wildman–Crippen MR) is 162 cm³/mol. The van der Waals surface area contributed by atoms with Crippen LogP contribution >= 0.6 is 0 Å². The lowest BCUT2D eigenvalue weighted by Gasteiger charge is -2.31. The fourth-order valence-electron chi connectivity index (χ4n) is 6.56. The van der Waals surface area contributed by atoms with Crippen LogP contribution in [0.25, 0.3) is 11.0 Å². The summed E-state index contributed by atoms with van der Waals surface area (Å²) >= 11 is 0. The van der Waals surface area contributed by atoms with Gasteiger partial charge in [-0.15, -0.1) is 0 Å². The Morgan fingerprint density at radius 2 is 1.74 bits per heavy atom. The van der Waals surface area contributed by atoms with Gasteiger partial charge in [-0.3, -0.25) is 14.5 Å². The third kappa shape index (κ3) is 5.74. The smallest absolute Gasteiger partial charge is 0.410 e. The first-order valence-electron chi connectivity index (χ1n) is 15.1. The third-order valence-corrected chi connectivity index (χ3v) is 8.52. The highest BCUT2D eigenvalue weighted by Crippen LogP contribution is 2.36. The number of anilines is 3. The Bertz CT molecular complexity index is 1540. The molecule has 0 spiro atoms. The van der Waals surface area contributed by atoms with E-state index in [0.717, 1.165) is 49.6 Å². The average molecular weight is 589 g/mol. The van der Waals surface area contributed by atoms with Gasteiger partial charge in [0, 0.05) is 50.7 Å². The largest absolute Gasteiger partial charge is 0.444 e. The first kappa shape index (κ1) is 28.9. The SMILES string of the molecule is CN(C)C(=O)c1cc2cnc(Nc3ccc(N4CC5CCC(CC4=O)N5C(=O)OC(C)(C)C)cn3)nc2n1C1CCCC1. The van der Waals surface area contributed by atoms with Gasteiger partial charge in [-0.05, 0) is 64.7 Å². The van der Waals surface area contributed by atoms with E-state index in [2.05, 4.69) is 19.9 Å². The molecule has 2 bridgehead atoms. The van der Waals surface area contributed by atoms with E-state index >= 15 is 0 Å². The number of carbonyl (C=O) groups excluding carboxylic acids is 3. The quantitative estimate of drug-likeness (QED) is 0.447. The molecule has 2 atom stereocenters. The molecule has 1 saturated carbocycles. The van der Waals surface area contributed by atoms with Crippen molar-refractivity contribution in [3.05, 3.63) is 36.3 Å². The molecule has 0 aromatic carbocycles. The number of rotatable bonds is 5. The van der Waals surface area contributed by atoms with Gasteiger partial charge >= 0.3 is 6.09 Å². The number of ether oxygens (including phenoxy) is 1. The zero-order valence-corrected chi connectivity index (χ0v) is 25.5. The van der Waals surface area contributed by atoms with Crippen molar-refractivity contribution in [3.63, 3.8) is 0 Å². The fourth-order valence-corrected chi connectivity index (χ4v) is 6.56. The van der Waals surface area contributed by atoms with E-state index in [1.54, 1.807) is 47.3 Å². The summed E-state index contributed by atoms with van der Waals surface area (Å²) in [5.74, 6) is 0.825. The molecule has 6 rings (SSSR count). The molecule has 3 fully saturated rings. The van der Waals surface area contributed by atoms with Crippen LogP contribution in [0.15, 0.2) is 30.6 Å². The molecule has 3 aromatic rings. The molecule has 1 aliphatic carbocycles. The van der Waals surface area contributed by atoms with Crippen molar-refractivity contribution in [2.75, 3.05) is 30.9 Å². The summed E-state index contributed by atoms with van der Waals surface area (Å²) < 4.78 is 7.73. The molecule has 2 saturated heterocycles. The lowest BCUT2D eigenvalue weighted by atomic mass is 10.1. The van der Waals surface area contributed by atoms with Crippen molar-refractivity contribution in [3.8, 4) is 0 Å². The molecule has 1 N–H and O–H groups in total. The van der Waals surface area contributed by atoms with Crippen LogP contribution < -0.4 is 10.2 Å². The number of hydrogen-bond acceptors (Lipinski definition) is 8. The summed E-state index contributed by atoms with van der Waals surface area (Å²) in [6, 6.07) is 5.48. The van der Waals surface area contributed by atoms with Gasteiger partial charge in [-0.25, -0.2) is 14.8 Å². The molecular weight excluding hydrogens is 548 g/mol. The van der Waals surface area contributed by atoms with E-state index in [-0.39, 0.29) is 42.5 Å². The molecular formula is C31H40N8O4. The van der Waals surface area contributed by atoms with Gasteiger partial charge in [0.05, 0.1) is 17.9 Å². The van der Waals surface area contributed by atoms with Crippen molar-refractivity contribution < 1.29 is 19.1 Å². The summed E-state index contributed by atoms with van der Waals surface area (Å²) in [5, 5.41) is 4.00. The molecule has 43 heavy (non-hydrogen) atoms. The Hall–Kier alpha value is -4.22. The normalized spacial score (nSPS) is 20.9. The van der Waals surface area contributed by atoms with Gasteiger partial charge in [-0.1, -0.05) is 12.8 Å². The minimum Gasteiger partial charge on any atom is -0.444 e. The highest BCUT2D eigenvalue weighted by Gasteiger charge is 2.44. The molecule has 12 nitrogen and oxygen atoms in total. The predicted octanol–water partition coefficient (Wildman–Crippen LogP) is 4.89. The molecule has 0 radical (unpaired) electrons. The number of fused-ring (bicyclic) bond motifs is 3. The molecule has 12 heteroatoms. The summed E-state index contributed by atoms with van der Waals surface area (Å²) in [7, 11) is 3.52. The first-order chi connectivity index (χ1) is 20.5. The van der Waals surface area contributed by atoms with Crippen LogP contribution in [-0.4, -0.2) is 85.6 Å². The van der Waals surface area contributed by atoms with E-state index in [0.29, 0.717) is 29.7 Å². The van der Waals surface area contributed by atoms with Gasteiger partial charge in [-0.2, -0.15) is 4.98 Å². The third-order valence-electron chi connectivity index (χ3n) is 8.52. The van der Waals surface area contributed by atoms with E-state index in [1.807, 2.05) is 32.9 Å². The van der Waals surface area contributed by atoms with Gasteiger partial charge in [0.25, 0.3) is 5.91 Å². The fraction of sp³-hybridized carbons (Fsp3) is 0.548. The number of pyridine rings is 1. The lowest BCUT2D eigenvalue weighted by molar-refractivity contribution is -0.119. The van der Waals surface area contributed by atoms with Crippen LogP contribution in [0.4, 0.5) is 22.2 Å². The number of hydrogen-bond donors (Lipinski definition) is 1. The van der Waals surface area contributed by atoms with Crippen LogP contribution in [0.5, 0.6) is 0 Å². The van der Waals surface area contributed by atoms with Crippen molar-refractivity contribution in [2.24, 2.45) is 0 Å². The first-order valence-corrected chi connectivity index (χ1v) is 15.1. The topological polar surface area (TPSA) is 126 Å². The average Bonchev–Trinajstić information content (AvgIpc) is 3.67. The summed E-state index contributed by atoms with van der Waals surface area (Å²) in [6.07, 6.45) is 9.19. The Morgan fingerprint density at radius 1 is 1.00 bits per heavy atom. The Balaban J connectivity index is 1.21. The standard InChI is InChI=1S/C31H40N8O4/c1-31(2,3)43-30(42)38-21-10-11-23(38)18-37(26(40)15-21)22-12-13-25(32-17-22)34-29-33-16-19-14-24(28(41)36(4)5)39(27(19)35-29)20-8-6-7-9-20/h12-14,16-17,20-21,23H,6-11,15,18H2,1-5H3,(H,32,33,34,35). The van der Waals surface area contributed by atoms with Crippen LogP contribution in [0.3, 0.4) is 0 Å². The summed E-state index contributed by atoms with van der Waals surface area (Å²) in [5.41, 5.74) is 1.43. The van der Waals surface area contributed by atoms with Crippen LogP contribution in [-0.2, 0) is 9.53 Å². The monoisotopic (exact) mass is 588 g/mol. The Morgan fingerprint density at radius 3 is 2.42 bits per heavy atom. The van der Waals surface area contributed by atoms with E-state index in [1.165, 1.54) is 0 Å². The lowest BCUT2D eigenvalue weighted by Crippen LogP contribution is -2.45. The van der Waals surface area contributed by atoms with E-state index < -0.39 is 5.60 Å². The zero-order valence-electron chi connectivity index (χ0n) is 25.5. The van der Waals surface area contributed by atoms with Crippen molar-refractivity contribution >= 4 is 46.4 Å². The molecule has 3 amide bonds. The highest BCUT2D eigenvalue weighted by molar-refractivity contribution is 5.98. The second-order valence-corrected chi connectivity index (χ2v) is 13.0. The second-order valence-electron chi connectivity index (χ2n) is 13.0. The highest BCUT2D eigenvalue weighted by atomic mass is 16.6. The maximum Gasteiger partial charge on any atom is 0.410 e. The van der Waals surface area contributed by atoms with Gasteiger partial charge in [0.2, 0.25) is 11.9 Å². The molecule has 2 aliphatic heterocycles. The second kappa shape index (κ2) is 11.1. The molecule has 5 heterocycles. The zero-order chi connectivity index (χ0) is 30.5. The van der Waals surface area contributed by atoms with Crippen LogP contribution in [0.2, 0.25) is 0 Å². The van der Waals surface area contributed by atoms with Gasteiger partial charge in [0.1, 0.15) is 22.8 Å². The number of nitrogens with zero attached hydrogens (tertiary/aromatic N) is 7. The molecule has 228 valence electrons. The molecule has 3 aliphatic rings. The summed E-state index contributed by atoms with van der Waals surface area (Å²) in [4.78, 5) is 58.1.